The number of benzene rings is 2. The van der Waals surface area contributed by atoms with Crippen LogP contribution in [0, 0.1) is 5.92 Å². The molecule has 11 heteroatoms. The molecule has 1 aliphatic rings. The molecule has 9 nitrogen and oxygen atoms in total. The monoisotopic (exact) mass is 574 g/mol. The van der Waals surface area contributed by atoms with Gasteiger partial charge in [-0.3, -0.25) is 9.59 Å². The van der Waals surface area contributed by atoms with Gasteiger partial charge in [-0.15, -0.1) is 0 Å². The Hall–Kier alpha value is -2.98. The van der Waals surface area contributed by atoms with Crippen molar-refractivity contribution in [2.75, 3.05) is 26.4 Å². The van der Waals surface area contributed by atoms with Gasteiger partial charge in [0.05, 0.1) is 41.6 Å². The lowest BCUT2D eigenvalue weighted by Crippen LogP contribution is -2.44. The molecule has 2 atom stereocenters. The maximum Gasteiger partial charge on any atom is 0.240 e. The first-order valence-electron chi connectivity index (χ1n) is 13.0. The van der Waals surface area contributed by atoms with Crippen LogP contribution in [0.1, 0.15) is 53.3 Å². The third-order valence-electron chi connectivity index (χ3n) is 6.49. The second-order valence-electron chi connectivity index (χ2n) is 9.45. The van der Waals surface area contributed by atoms with Crippen LogP contribution in [0.4, 0.5) is 0 Å². The topological polar surface area (TPSA) is 130 Å². The van der Waals surface area contributed by atoms with Crippen LogP contribution in [0.5, 0.6) is 5.75 Å². The van der Waals surface area contributed by atoms with E-state index in [4.69, 9.17) is 42.9 Å². The largest absolute Gasteiger partial charge is 0.493 e. The number of unbranched alkanes of at least 4 members (excludes halogenated alkanes) is 1. The van der Waals surface area contributed by atoms with Gasteiger partial charge in [0.1, 0.15) is 5.75 Å². The minimum absolute atomic E-state index is 0.0482. The van der Waals surface area contributed by atoms with Gasteiger partial charge in [-0.25, -0.2) is 0 Å². The molecule has 208 valence electrons. The zero-order valence-corrected chi connectivity index (χ0v) is 23.0. The van der Waals surface area contributed by atoms with E-state index in [9.17, 15) is 9.59 Å². The fourth-order valence-electron chi connectivity index (χ4n) is 4.24. The third kappa shape index (κ3) is 8.50. The summed E-state index contributed by atoms with van der Waals surface area (Å²) in [4.78, 5) is 30.1. The van der Waals surface area contributed by atoms with Crippen LogP contribution >= 0.6 is 23.2 Å². The zero-order valence-electron chi connectivity index (χ0n) is 21.5. The smallest absolute Gasteiger partial charge is 0.240 e. The molecule has 0 aliphatic carbocycles. The van der Waals surface area contributed by atoms with Crippen LogP contribution in [0.25, 0.3) is 0 Å². The lowest BCUT2D eigenvalue weighted by molar-refractivity contribution is -0.125. The SMILES string of the molecule is NCCCC[C@H](NC(=O)C1CCOC1)C(=O)c1noc(Cc2ccc(OCCc3ccc(Cl)c(Cl)c3)cc2)n1. The average molecular weight is 575 g/mol. The molecule has 2 heterocycles. The molecule has 1 aromatic heterocycles. The number of hydrogen-bond donors (Lipinski definition) is 2. The van der Waals surface area contributed by atoms with E-state index in [0.717, 1.165) is 23.3 Å². The Morgan fingerprint density at radius 3 is 2.62 bits per heavy atom. The summed E-state index contributed by atoms with van der Waals surface area (Å²) in [5.41, 5.74) is 7.56. The van der Waals surface area contributed by atoms with Crippen LogP contribution in [-0.4, -0.2) is 54.2 Å². The highest BCUT2D eigenvalue weighted by molar-refractivity contribution is 6.42. The minimum atomic E-state index is -0.740. The van der Waals surface area contributed by atoms with Crippen LogP contribution in [0.15, 0.2) is 47.0 Å². The van der Waals surface area contributed by atoms with E-state index >= 15 is 0 Å². The van der Waals surface area contributed by atoms with E-state index in [0.29, 0.717) is 74.4 Å². The van der Waals surface area contributed by atoms with Gasteiger partial charge in [-0.2, -0.15) is 4.98 Å². The average Bonchev–Trinajstić information content (AvgIpc) is 3.64. The van der Waals surface area contributed by atoms with Gasteiger partial charge in [-0.05, 0) is 67.6 Å². The number of rotatable bonds is 14. The van der Waals surface area contributed by atoms with Crippen LogP contribution in [0.2, 0.25) is 10.0 Å². The normalized spacial score (nSPS) is 15.7. The molecule has 1 saturated heterocycles. The predicted octanol–water partition coefficient (Wildman–Crippen LogP) is 4.42. The fourth-order valence-corrected chi connectivity index (χ4v) is 4.56. The maximum absolute atomic E-state index is 13.1. The van der Waals surface area contributed by atoms with Gasteiger partial charge in [0.15, 0.2) is 0 Å². The molecular formula is C28H32Cl2N4O5. The van der Waals surface area contributed by atoms with Gasteiger partial charge in [0, 0.05) is 13.0 Å². The molecule has 39 heavy (non-hydrogen) atoms. The van der Waals surface area contributed by atoms with Gasteiger partial charge in [-0.1, -0.05) is 46.6 Å². The number of nitrogens with zero attached hydrogens (tertiary/aromatic N) is 2. The van der Waals surface area contributed by atoms with E-state index < -0.39 is 6.04 Å². The highest BCUT2D eigenvalue weighted by Gasteiger charge is 2.30. The standard InChI is InChI=1S/C28H32Cl2N4O5/c29-22-9-6-19(15-23(22)30)10-14-38-21-7-4-18(5-8-21)16-25-33-27(34-39-25)26(35)24(3-1-2-12-31)32-28(36)20-11-13-37-17-20/h4-9,15,20,24H,1-3,10-14,16-17,31H2,(H,32,36)/t20?,24-/m0/s1. The van der Waals surface area contributed by atoms with Crippen molar-refractivity contribution in [2.24, 2.45) is 11.7 Å². The van der Waals surface area contributed by atoms with Crippen LogP contribution in [-0.2, 0) is 22.4 Å². The molecule has 1 unspecified atom stereocenters. The number of ether oxygens (including phenoxy) is 2. The number of nitrogens with two attached hydrogens (primary N) is 1. The second-order valence-corrected chi connectivity index (χ2v) is 10.3. The number of carbonyl (C=O) groups excluding carboxylic acids is 2. The summed E-state index contributed by atoms with van der Waals surface area (Å²) >= 11 is 12.0. The Morgan fingerprint density at radius 2 is 1.90 bits per heavy atom. The molecule has 4 rings (SSSR count). The molecule has 0 radical (unpaired) electrons. The van der Waals surface area contributed by atoms with Crippen molar-refractivity contribution in [3.05, 3.63) is 75.4 Å². The summed E-state index contributed by atoms with van der Waals surface area (Å²) in [5.74, 6) is 0.167. The second kappa shape index (κ2) is 14.4. The summed E-state index contributed by atoms with van der Waals surface area (Å²) < 4.78 is 16.5. The summed E-state index contributed by atoms with van der Waals surface area (Å²) in [6.45, 7) is 1.91. The number of halogens is 2. The van der Waals surface area contributed by atoms with Crippen molar-refractivity contribution in [1.82, 2.24) is 15.5 Å². The van der Waals surface area contributed by atoms with Crippen molar-refractivity contribution in [2.45, 2.75) is 44.6 Å². The number of amides is 1. The summed E-state index contributed by atoms with van der Waals surface area (Å²) in [5, 5.41) is 7.79. The van der Waals surface area contributed by atoms with Crippen molar-refractivity contribution in [3.63, 3.8) is 0 Å². The number of ketones is 1. The molecule has 1 amide bonds. The van der Waals surface area contributed by atoms with Gasteiger partial charge in [0.25, 0.3) is 0 Å². The van der Waals surface area contributed by atoms with E-state index in [1.807, 2.05) is 36.4 Å². The Bertz CT molecular complexity index is 1250. The molecule has 3 aromatic rings. The fraction of sp³-hybridized carbons (Fsp3) is 0.429. The summed E-state index contributed by atoms with van der Waals surface area (Å²) in [6.07, 6.45) is 3.58. The number of carbonyl (C=O) groups is 2. The van der Waals surface area contributed by atoms with E-state index in [1.165, 1.54) is 0 Å². The van der Waals surface area contributed by atoms with Crippen molar-refractivity contribution in [1.29, 1.82) is 0 Å². The van der Waals surface area contributed by atoms with E-state index in [1.54, 1.807) is 6.07 Å². The van der Waals surface area contributed by atoms with Gasteiger partial charge >= 0.3 is 0 Å². The highest BCUT2D eigenvalue weighted by Crippen LogP contribution is 2.23. The van der Waals surface area contributed by atoms with E-state index in [2.05, 4.69) is 15.5 Å². The number of aromatic nitrogens is 2. The lowest BCUT2D eigenvalue weighted by Gasteiger charge is -2.18. The van der Waals surface area contributed by atoms with E-state index in [-0.39, 0.29) is 23.4 Å². The molecule has 3 N–H and O–H groups in total. The molecule has 0 saturated carbocycles. The summed E-state index contributed by atoms with van der Waals surface area (Å²) in [7, 11) is 0. The molecule has 1 fully saturated rings. The lowest BCUT2D eigenvalue weighted by atomic mass is 10.0. The molecule has 0 spiro atoms. The zero-order chi connectivity index (χ0) is 27.6. The van der Waals surface area contributed by atoms with Crippen molar-refractivity contribution < 1.29 is 23.6 Å². The maximum atomic E-state index is 13.1. The quantitative estimate of drug-likeness (QED) is 0.214. The first kappa shape index (κ1) is 29.0. The Balaban J connectivity index is 1.30. The number of Topliss-reactive ketones (excluding diaryl/α,β-unsaturated/α-hetero) is 1. The number of nitrogens with one attached hydrogen (secondary N) is 1. The molecule has 1 aliphatic heterocycles. The molecular weight excluding hydrogens is 543 g/mol. The summed E-state index contributed by atoms with van der Waals surface area (Å²) in [6, 6.07) is 12.3. The van der Waals surface area contributed by atoms with Gasteiger partial charge in [0.2, 0.25) is 23.4 Å². The van der Waals surface area contributed by atoms with Crippen LogP contribution < -0.4 is 15.8 Å². The molecule has 2 aromatic carbocycles. The highest BCUT2D eigenvalue weighted by atomic mass is 35.5. The predicted molar refractivity (Wildman–Crippen MR) is 147 cm³/mol. The van der Waals surface area contributed by atoms with Crippen molar-refractivity contribution in [3.8, 4) is 5.75 Å². The first-order chi connectivity index (χ1) is 18.9. The molecule has 0 bridgehead atoms. The minimum Gasteiger partial charge on any atom is -0.493 e. The Labute approximate surface area is 237 Å². The van der Waals surface area contributed by atoms with Crippen LogP contribution in [0.3, 0.4) is 0 Å². The Morgan fingerprint density at radius 1 is 1.10 bits per heavy atom. The number of hydrogen-bond acceptors (Lipinski definition) is 8. The van der Waals surface area contributed by atoms with Gasteiger partial charge < -0.3 is 25.0 Å². The van der Waals surface area contributed by atoms with Crippen molar-refractivity contribution >= 4 is 34.9 Å². The third-order valence-corrected chi connectivity index (χ3v) is 7.23. The Kier molecular flexibility index (Phi) is 10.7. The first-order valence-corrected chi connectivity index (χ1v) is 13.8.